The van der Waals surface area contributed by atoms with Gasteiger partial charge in [-0.1, -0.05) is 6.92 Å². The number of hydrogen-bond donors (Lipinski definition) is 1. The van der Waals surface area contributed by atoms with Crippen LogP contribution in [0.5, 0.6) is 0 Å². The lowest BCUT2D eigenvalue weighted by molar-refractivity contribution is 0.0481. The lowest BCUT2D eigenvalue weighted by Gasteiger charge is -2.06. The summed E-state index contributed by atoms with van der Waals surface area (Å²) in [6, 6.07) is 4.85. The summed E-state index contributed by atoms with van der Waals surface area (Å²) >= 11 is 5.08. The van der Waals surface area contributed by atoms with E-state index < -0.39 is 0 Å². The molecule has 0 unspecified atom stereocenters. The molecule has 1 fully saturated rings. The molecule has 2 aromatic rings. The number of H-pyrrole nitrogens is 1. The molecular weight excluding hydrogens is 288 g/mol. The minimum atomic E-state index is -0.365. The molecule has 3 rings (SSSR count). The molecule has 6 heteroatoms. The van der Waals surface area contributed by atoms with E-state index in [0.29, 0.717) is 39.7 Å². The third-order valence-electron chi connectivity index (χ3n) is 4.04. The third-order valence-corrected chi connectivity index (χ3v) is 4.42. The van der Waals surface area contributed by atoms with Crippen LogP contribution in [0.25, 0.3) is 10.9 Å². The predicted molar refractivity (Wildman–Crippen MR) is 81.9 cm³/mol. The number of ether oxygens (including phenoxy) is 1. The van der Waals surface area contributed by atoms with Crippen molar-refractivity contribution in [3.8, 4) is 0 Å². The SMILES string of the molecule is C[C@H]1C[C@H]1COC(=O)c1ccc2c(=O)n(C)c(=S)[nH]c2c1. The summed E-state index contributed by atoms with van der Waals surface area (Å²) in [6.07, 6.45) is 1.12. The summed E-state index contributed by atoms with van der Waals surface area (Å²) in [6.45, 7) is 2.61. The molecule has 0 radical (unpaired) electrons. The zero-order chi connectivity index (χ0) is 15.1. The average molecular weight is 304 g/mol. The predicted octanol–water partition coefficient (Wildman–Crippen LogP) is 2.41. The highest BCUT2D eigenvalue weighted by Crippen LogP contribution is 2.37. The maximum Gasteiger partial charge on any atom is 0.338 e. The Kier molecular flexibility index (Phi) is 3.41. The summed E-state index contributed by atoms with van der Waals surface area (Å²) in [5.41, 5.74) is 0.799. The molecule has 110 valence electrons. The topological polar surface area (TPSA) is 64.1 Å². The molecule has 1 aromatic carbocycles. The van der Waals surface area contributed by atoms with Crippen molar-refractivity contribution in [3.63, 3.8) is 0 Å². The van der Waals surface area contributed by atoms with E-state index in [1.807, 2.05) is 0 Å². The zero-order valence-electron chi connectivity index (χ0n) is 11.9. The first-order chi connectivity index (χ1) is 9.97. The van der Waals surface area contributed by atoms with Gasteiger partial charge in [-0.3, -0.25) is 9.36 Å². The molecule has 0 amide bonds. The van der Waals surface area contributed by atoms with E-state index in [1.54, 1.807) is 25.2 Å². The first-order valence-electron chi connectivity index (χ1n) is 6.87. The Morgan fingerprint density at radius 2 is 2.24 bits per heavy atom. The van der Waals surface area contributed by atoms with Crippen molar-refractivity contribution >= 4 is 29.1 Å². The Morgan fingerprint density at radius 3 is 2.90 bits per heavy atom. The number of rotatable bonds is 3. The van der Waals surface area contributed by atoms with Crippen molar-refractivity contribution in [2.45, 2.75) is 13.3 Å². The van der Waals surface area contributed by atoms with Gasteiger partial charge in [-0.05, 0) is 48.7 Å². The van der Waals surface area contributed by atoms with Crippen molar-refractivity contribution in [2.75, 3.05) is 6.61 Å². The zero-order valence-corrected chi connectivity index (χ0v) is 12.7. The highest BCUT2D eigenvalue weighted by molar-refractivity contribution is 7.71. The lowest BCUT2D eigenvalue weighted by Crippen LogP contribution is -2.19. The van der Waals surface area contributed by atoms with Gasteiger partial charge in [-0.2, -0.15) is 0 Å². The van der Waals surface area contributed by atoms with Crippen LogP contribution >= 0.6 is 12.2 Å². The van der Waals surface area contributed by atoms with Crippen LogP contribution in [0.15, 0.2) is 23.0 Å². The standard InChI is InChI=1S/C15H16N2O3S/c1-8-5-10(8)7-20-14(19)9-3-4-11-12(6-9)16-15(21)17(2)13(11)18/h3-4,6,8,10H,5,7H2,1-2H3,(H,16,21)/t8-,10-/m0/s1. The highest BCUT2D eigenvalue weighted by Gasteiger charge is 2.33. The number of nitrogens with zero attached hydrogens (tertiary/aromatic N) is 1. The second-order valence-corrected chi connectivity index (χ2v) is 6.01. The van der Waals surface area contributed by atoms with E-state index in [2.05, 4.69) is 11.9 Å². The molecule has 1 heterocycles. The second kappa shape index (κ2) is 5.11. The molecule has 1 aliphatic carbocycles. The van der Waals surface area contributed by atoms with Crippen LogP contribution in [0, 0.1) is 16.6 Å². The molecule has 5 nitrogen and oxygen atoms in total. The van der Waals surface area contributed by atoms with Crippen molar-refractivity contribution in [1.82, 2.24) is 9.55 Å². The van der Waals surface area contributed by atoms with Gasteiger partial charge in [0.05, 0.1) is 23.1 Å². The smallest absolute Gasteiger partial charge is 0.338 e. The molecule has 0 bridgehead atoms. The molecule has 1 aliphatic rings. The van der Waals surface area contributed by atoms with E-state index in [-0.39, 0.29) is 11.5 Å². The van der Waals surface area contributed by atoms with E-state index in [4.69, 9.17) is 17.0 Å². The summed E-state index contributed by atoms with van der Waals surface area (Å²) < 4.78 is 6.98. The Balaban J connectivity index is 1.90. The normalized spacial score (nSPS) is 20.5. The number of fused-ring (bicyclic) bond motifs is 1. The van der Waals surface area contributed by atoms with Gasteiger partial charge < -0.3 is 9.72 Å². The third kappa shape index (κ3) is 2.63. The molecular formula is C15H16N2O3S. The van der Waals surface area contributed by atoms with Gasteiger partial charge in [0.15, 0.2) is 4.77 Å². The van der Waals surface area contributed by atoms with Gasteiger partial charge in [-0.15, -0.1) is 0 Å². The van der Waals surface area contributed by atoms with Crippen molar-refractivity contribution < 1.29 is 9.53 Å². The summed E-state index contributed by atoms with van der Waals surface area (Å²) in [5.74, 6) is 0.775. The van der Waals surface area contributed by atoms with Crippen LogP contribution in [0.3, 0.4) is 0 Å². The molecule has 2 atom stereocenters. The van der Waals surface area contributed by atoms with Crippen molar-refractivity contribution in [2.24, 2.45) is 18.9 Å². The maximum absolute atomic E-state index is 12.0. The van der Waals surface area contributed by atoms with E-state index in [0.717, 1.165) is 6.42 Å². The van der Waals surface area contributed by atoms with Gasteiger partial charge in [0, 0.05) is 7.05 Å². The van der Waals surface area contributed by atoms with Crippen LogP contribution in [-0.4, -0.2) is 22.1 Å². The number of nitrogens with one attached hydrogen (secondary N) is 1. The Morgan fingerprint density at radius 1 is 1.52 bits per heavy atom. The lowest BCUT2D eigenvalue weighted by atomic mass is 10.1. The highest BCUT2D eigenvalue weighted by atomic mass is 32.1. The van der Waals surface area contributed by atoms with Gasteiger partial charge in [0.1, 0.15) is 0 Å². The van der Waals surface area contributed by atoms with Gasteiger partial charge in [-0.25, -0.2) is 4.79 Å². The Labute approximate surface area is 126 Å². The minimum Gasteiger partial charge on any atom is -0.462 e. The van der Waals surface area contributed by atoms with Gasteiger partial charge in [0.25, 0.3) is 5.56 Å². The first-order valence-corrected chi connectivity index (χ1v) is 7.28. The number of aromatic amines is 1. The number of hydrogen-bond acceptors (Lipinski definition) is 4. The molecule has 1 saturated carbocycles. The Bertz CT molecular complexity index is 837. The maximum atomic E-state index is 12.0. The van der Waals surface area contributed by atoms with Gasteiger partial charge in [0.2, 0.25) is 0 Å². The average Bonchev–Trinajstić information content (AvgIpc) is 3.17. The van der Waals surface area contributed by atoms with Crippen LogP contribution < -0.4 is 5.56 Å². The largest absolute Gasteiger partial charge is 0.462 e. The van der Waals surface area contributed by atoms with Crippen LogP contribution in [0.4, 0.5) is 0 Å². The van der Waals surface area contributed by atoms with Crippen LogP contribution in [0.1, 0.15) is 23.7 Å². The number of esters is 1. The van der Waals surface area contributed by atoms with E-state index >= 15 is 0 Å². The number of carbonyl (C=O) groups excluding carboxylic acids is 1. The van der Waals surface area contributed by atoms with Crippen LogP contribution in [0.2, 0.25) is 0 Å². The van der Waals surface area contributed by atoms with Crippen LogP contribution in [-0.2, 0) is 11.8 Å². The Hall–Kier alpha value is -1.95. The number of benzene rings is 1. The molecule has 1 N–H and O–H groups in total. The number of carbonyl (C=O) groups is 1. The fourth-order valence-electron chi connectivity index (χ4n) is 2.33. The van der Waals surface area contributed by atoms with E-state index in [9.17, 15) is 9.59 Å². The fourth-order valence-corrected chi connectivity index (χ4v) is 2.52. The second-order valence-electron chi connectivity index (χ2n) is 5.63. The van der Waals surface area contributed by atoms with Crippen molar-refractivity contribution in [3.05, 3.63) is 38.9 Å². The molecule has 0 spiro atoms. The quantitative estimate of drug-likeness (QED) is 0.698. The monoisotopic (exact) mass is 304 g/mol. The molecule has 21 heavy (non-hydrogen) atoms. The summed E-state index contributed by atoms with van der Waals surface area (Å²) in [7, 11) is 1.61. The number of aromatic nitrogens is 2. The minimum absolute atomic E-state index is 0.180. The molecule has 1 aromatic heterocycles. The molecule has 0 aliphatic heterocycles. The van der Waals surface area contributed by atoms with Crippen molar-refractivity contribution in [1.29, 1.82) is 0 Å². The summed E-state index contributed by atoms with van der Waals surface area (Å²) in [5, 5.41) is 0.499. The van der Waals surface area contributed by atoms with E-state index in [1.165, 1.54) is 4.57 Å². The summed E-state index contributed by atoms with van der Waals surface area (Å²) in [4.78, 5) is 27.0. The van der Waals surface area contributed by atoms with Gasteiger partial charge >= 0.3 is 5.97 Å². The first kappa shape index (κ1) is 14.0. The molecule has 0 saturated heterocycles. The fraction of sp³-hybridized carbons (Fsp3) is 0.400.